The van der Waals surface area contributed by atoms with Crippen LogP contribution in [0, 0.1) is 13.8 Å². The molecule has 0 spiro atoms. The fourth-order valence-electron chi connectivity index (χ4n) is 3.62. The molecule has 3 rings (SSSR count). The lowest BCUT2D eigenvalue weighted by molar-refractivity contribution is -0.137. The molecule has 2 aromatic heterocycles. The number of carbonyl (C=O) groups excluding carboxylic acids is 3. The van der Waals surface area contributed by atoms with E-state index in [9.17, 15) is 27.6 Å². The minimum absolute atomic E-state index is 0.00227. The number of pyridine rings is 1. The number of halogens is 3. The lowest BCUT2D eigenvalue weighted by atomic mass is 10.0. The molecule has 1 aromatic carbocycles. The maximum atomic E-state index is 13.2. The Kier molecular flexibility index (Phi) is 7.19. The largest absolute Gasteiger partial charge is 0.464 e. The first-order valence-electron chi connectivity index (χ1n) is 10.2. The van der Waals surface area contributed by atoms with Crippen LogP contribution in [0.25, 0.3) is 0 Å². The Morgan fingerprint density at radius 2 is 1.76 bits per heavy atom. The van der Waals surface area contributed by atoms with Crippen LogP contribution in [0.15, 0.2) is 48.8 Å². The zero-order valence-corrected chi connectivity index (χ0v) is 18.7. The van der Waals surface area contributed by atoms with Crippen molar-refractivity contribution in [2.45, 2.75) is 26.6 Å². The molecule has 0 atom stereocenters. The predicted molar refractivity (Wildman–Crippen MR) is 116 cm³/mol. The zero-order chi connectivity index (χ0) is 25.0. The van der Waals surface area contributed by atoms with Gasteiger partial charge in [0.1, 0.15) is 5.69 Å². The SMILES string of the molecule is COC(=O)c1[nH]c(C)c(C(=O)CN(Cc2cccnc2)C(=O)c2ccc(C(F)(F)F)cc2)c1C. The van der Waals surface area contributed by atoms with Gasteiger partial charge in [0.05, 0.1) is 19.2 Å². The van der Waals surface area contributed by atoms with Crippen LogP contribution in [-0.2, 0) is 17.5 Å². The standard InChI is InChI=1S/C24H22F3N3O4/c1-14-20(15(2)29-21(14)23(33)34-3)19(31)13-30(12-16-5-4-10-28-11-16)22(32)17-6-8-18(9-7-17)24(25,26)27/h4-11,29H,12-13H2,1-3H3. The molecule has 0 saturated heterocycles. The molecular weight excluding hydrogens is 451 g/mol. The molecule has 0 saturated carbocycles. The number of nitrogens with zero attached hydrogens (tertiary/aromatic N) is 2. The first kappa shape index (κ1) is 24.7. The minimum atomic E-state index is -4.53. The maximum absolute atomic E-state index is 13.2. The van der Waals surface area contributed by atoms with Crippen LogP contribution in [0.2, 0.25) is 0 Å². The number of aromatic nitrogens is 2. The summed E-state index contributed by atoms with van der Waals surface area (Å²) in [6, 6.07) is 7.18. The van der Waals surface area contributed by atoms with Crippen LogP contribution in [-0.4, -0.2) is 46.2 Å². The number of aromatic amines is 1. The maximum Gasteiger partial charge on any atom is 0.416 e. The number of alkyl halides is 3. The lowest BCUT2D eigenvalue weighted by Gasteiger charge is -2.22. The van der Waals surface area contributed by atoms with E-state index < -0.39 is 29.4 Å². The number of Topliss-reactive ketones (excluding diaryl/α,β-unsaturated/α-hetero) is 1. The highest BCUT2D eigenvalue weighted by molar-refractivity contribution is 6.05. The number of hydrogen-bond acceptors (Lipinski definition) is 5. The lowest BCUT2D eigenvalue weighted by Crippen LogP contribution is -2.35. The van der Waals surface area contributed by atoms with Gasteiger partial charge >= 0.3 is 12.1 Å². The Hall–Kier alpha value is -3.95. The van der Waals surface area contributed by atoms with Crippen LogP contribution in [0.4, 0.5) is 13.2 Å². The molecule has 1 N–H and O–H groups in total. The van der Waals surface area contributed by atoms with Crippen molar-refractivity contribution in [3.8, 4) is 0 Å². The number of benzene rings is 1. The van der Waals surface area contributed by atoms with E-state index in [0.717, 1.165) is 24.3 Å². The number of methoxy groups -OCH3 is 1. The minimum Gasteiger partial charge on any atom is -0.464 e. The summed E-state index contributed by atoms with van der Waals surface area (Å²) in [6.45, 7) is 2.85. The van der Waals surface area contributed by atoms with Gasteiger partial charge in [0.2, 0.25) is 0 Å². The molecule has 3 aromatic rings. The van der Waals surface area contributed by atoms with Crippen molar-refractivity contribution in [2.24, 2.45) is 0 Å². The molecule has 2 heterocycles. The van der Waals surface area contributed by atoms with Crippen molar-refractivity contribution >= 4 is 17.7 Å². The molecule has 7 nitrogen and oxygen atoms in total. The summed E-state index contributed by atoms with van der Waals surface area (Å²) in [6.07, 6.45) is -1.45. The van der Waals surface area contributed by atoms with Gasteiger partial charge in [-0.3, -0.25) is 14.6 Å². The third-order valence-corrected chi connectivity index (χ3v) is 5.28. The molecule has 0 aliphatic carbocycles. The fourth-order valence-corrected chi connectivity index (χ4v) is 3.62. The highest BCUT2D eigenvalue weighted by Crippen LogP contribution is 2.29. The van der Waals surface area contributed by atoms with E-state index in [1.54, 1.807) is 32.2 Å². The van der Waals surface area contributed by atoms with Gasteiger partial charge in [-0.2, -0.15) is 13.2 Å². The second-order valence-corrected chi connectivity index (χ2v) is 7.64. The first-order valence-corrected chi connectivity index (χ1v) is 10.2. The molecule has 0 bridgehead atoms. The first-order chi connectivity index (χ1) is 16.0. The number of H-pyrrole nitrogens is 1. The molecule has 0 aliphatic heterocycles. The van der Waals surface area contributed by atoms with Gasteiger partial charge in [0.15, 0.2) is 5.78 Å². The quantitative estimate of drug-likeness (QED) is 0.407. The average molecular weight is 473 g/mol. The van der Waals surface area contributed by atoms with Crippen molar-refractivity contribution in [1.82, 2.24) is 14.9 Å². The van der Waals surface area contributed by atoms with Gasteiger partial charge < -0.3 is 14.6 Å². The van der Waals surface area contributed by atoms with Gasteiger partial charge in [-0.15, -0.1) is 0 Å². The van der Waals surface area contributed by atoms with Crippen molar-refractivity contribution in [3.63, 3.8) is 0 Å². The van der Waals surface area contributed by atoms with E-state index in [2.05, 4.69) is 9.97 Å². The van der Waals surface area contributed by atoms with Crippen LogP contribution < -0.4 is 0 Å². The molecule has 178 valence electrons. The second kappa shape index (κ2) is 9.90. The van der Waals surface area contributed by atoms with E-state index in [1.165, 1.54) is 18.2 Å². The van der Waals surface area contributed by atoms with Crippen LogP contribution in [0.3, 0.4) is 0 Å². The molecule has 0 radical (unpaired) electrons. The fraction of sp³-hybridized carbons (Fsp3) is 0.250. The van der Waals surface area contributed by atoms with E-state index in [1.807, 2.05) is 0 Å². The zero-order valence-electron chi connectivity index (χ0n) is 18.7. The van der Waals surface area contributed by atoms with E-state index >= 15 is 0 Å². The third-order valence-electron chi connectivity index (χ3n) is 5.28. The van der Waals surface area contributed by atoms with Crippen molar-refractivity contribution < 1.29 is 32.3 Å². The Balaban J connectivity index is 1.92. The number of nitrogens with one attached hydrogen (secondary N) is 1. The highest BCUT2D eigenvalue weighted by atomic mass is 19.4. The van der Waals surface area contributed by atoms with Crippen molar-refractivity contribution in [3.05, 3.63) is 88.0 Å². The van der Waals surface area contributed by atoms with Gasteiger partial charge in [0.25, 0.3) is 5.91 Å². The smallest absolute Gasteiger partial charge is 0.416 e. The number of rotatable bonds is 7. The summed E-state index contributed by atoms with van der Waals surface area (Å²) in [5.41, 5.74) is 0.959. The summed E-state index contributed by atoms with van der Waals surface area (Å²) < 4.78 is 43.4. The molecule has 0 fully saturated rings. The van der Waals surface area contributed by atoms with Crippen LogP contribution >= 0.6 is 0 Å². The van der Waals surface area contributed by atoms with Crippen LogP contribution in [0.5, 0.6) is 0 Å². The molecule has 1 amide bonds. The Morgan fingerprint density at radius 1 is 1.09 bits per heavy atom. The topological polar surface area (TPSA) is 92.4 Å². The molecule has 10 heteroatoms. The van der Waals surface area contributed by atoms with Crippen molar-refractivity contribution in [2.75, 3.05) is 13.7 Å². The average Bonchev–Trinajstić information content (AvgIpc) is 3.11. The number of hydrogen-bond donors (Lipinski definition) is 1. The van der Waals surface area contributed by atoms with Gasteiger partial charge in [0, 0.05) is 35.8 Å². The number of amides is 1. The molecular formula is C24H22F3N3O4. The predicted octanol–water partition coefficient (Wildman–Crippen LogP) is 4.36. The Labute approximate surface area is 193 Å². The highest BCUT2D eigenvalue weighted by Gasteiger charge is 2.31. The summed E-state index contributed by atoms with van der Waals surface area (Å²) in [5, 5.41) is 0. The summed E-state index contributed by atoms with van der Waals surface area (Å²) >= 11 is 0. The number of ketones is 1. The Bertz CT molecular complexity index is 1200. The number of esters is 1. The van der Waals surface area contributed by atoms with Gasteiger partial charge in [-0.25, -0.2) is 4.79 Å². The third kappa shape index (κ3) is 5.33. The van der Waals surface area contributed by atoms with E-state index in [-0.39, 0.29) is 29.9 Å². The summed E-state index contributed by atoms with van der Waals surface area (Å²) in [4.78, 5) is 46.4. The van der Waals surface area contributed by atoms with Crippen molar-refractivity contribution in [1.29, 1.82) is 0 Å². The molecule has 34 heavy (non-hydrogen) atoms. The normalized spacial score (nSPS) is 11.2. The van der Waals surface area contributed by atoms with E-state index in [4.69, 9.17) is 4.74 Å². The van der Waals surface area contributed by atoms with E-state index in [0.29, 0.717) is 16.8 Å². The number of ether oxygens (including phenoxy) is 1. The number of carbonyl (C=O) groups is 3. The van der Waals surface area contributed by atoms with Gasteiger partial charge in [-0.1, -0.05) is 6.07 Å². The number of aryl methyl sites for hydroxylation is 1. The van der Waals surface area contributed by atoms with Gasteiger partial charge in [-0.05, 0) is 55.3 Å². The Morgan fingerprint density at radius 3 is 2.32 bits per heavy atom. The summed E-state index contributed by atoms with van der Waals surface area (Å²) in [7, 11) is 1.22. The molecule has 0 unspecified atom stereocenters. The monoisotopic (exact) mass is 473 g/mol. The second-order valence-electron chi connectivity index (χ2n) is 7.64. The molecule has 0 aliphatic rings. The van der Waals surface area contributed by atoms with Crippen LogP contribution in [0.1, 0.15) is 53.6 Å². The summed E-state index contributed by atoms with van der Waals surface area (Å²) in [5.74, 6) is -1.69.